The number of hydrogen-bond donors (Lipinski definition) is 0. The van der Waals surface area contributed by atoms with Crippen LogP contribution in [-0.4, -0.2) is 28.9 Å². The maximum absolute atomic E-state index is 12.6. The van der Waals surface area contributed by atoms with E-state index in [1.54, 1.807) is 12.1 Å². The number of rotatable bonds is 4. The third-order valence-corrected chi connectivity index (χ3v) is 5.56. The summed E-state index contributed by atoms with van der Waals surface area (Å²) in [5.41, 5.74) is 0.328. The van der Waals surface area contributed by atoms with Gasteiger partial charge in [0, 0.05) is 32.9 Å². The van der Waals surface area contributed by atoms with Crippen molar-refractivity contribution >= 4 is 10.0 Å². The van der Waals surface area contributed by atoms with Crippen molar-refractivity contribution in [1.29, 1.82) is 0 Å². The fourth-order valence-electron chi connectivity index (χ4n) is 2.13. The average molecular weight is 337 g/mol. The molecule has 124 valence electrons. The highest BCUT2D eigenvalue weighted by atomic mass is 32.2. The molecule has 0 fully saturated rings. The Morgan fingerprint density at radius 3 is 2.17 bits per heavy atom. The molecule has 0 amide bonds. The van der Waals surface area contributed by atoms with Crippen molar-refractivity contribution in [2.45, 2.75) is 18.4 Å². The predicted octanol–water partition coefficient (Wildman–Crippen LogP) is 0.213. The molecule has 8 heteroatoms. The minimum absolute atomic E-state index is 0.0714. The van der Waals surface area contributed by atoms with Gasteiger partial charge < -0.3 is 0 Å². The zero-order valence-electron chi connectivity index (χ0n) is 13.5. The lowest BCUT2D eigenvalue weighted by molar-refractivity contribution is 0.450. The molecule has 1 aromatic heterocycles. The lowest BCUT2D eigenvalue weighted by Gasteiger charge is -2.19. The summed E-state index contributed by atoms with van der Waals surface area (Å²) < 4.78 is 28.5. The molecule has 0 aliphatic rings. The summed E-state index contributed by atoms with van der Waals surface area (Å²) in [7, 11) is 0.596. The van der Waals surface area contributed by atoms with E-state index in [2.05, 4.69) is 0 Å². The SMILES string of the molecule is Cc1ccc(S(=O)(=O)N(C)Cc2cc(=O)n(C)c(=O)n2C)cc1. The molecule has 1 heterocycles. The zero-order chi connectivity index (χ0) is 17.4. The van der Waals surface area contributed by atoms with Gasteiger partial charge in [-0.05, 0) is 19.1 Å². The van der Waals surface area contributed by atoms with E-state index in [1.807, 2.05) is 6.92 Å². The Labute approximate surface area is 134 Å². The molecule has 0 radical (unpaired) electrons. The molecule has 0 unspecified atom stereocenters. The van der Waals surface area contributed by atoms with Gasteiger partial charge in [0.2, 0.25) is 10.0 Å². The Hall–Kier alpha value is -2.19. The summed E-state index contributed by atoms with van der Waals surface area (Å²) >= 11 is 0. The fourth-order valence-corrected chi connectivity index (χ4v) is 3.28. The van der Waals surface area contributed by atoms with Gasteiger partial charge in [0.25, 0.3) is 5.56 Å². The summed E-state index contributed by atoms with van der Waals surface area (Å²) in [6.45, 7) is 1.80. The van der Waals surface area contributed by atoms with E-state index in [4.69, 9.17) is 0 Å². The van der Waals surface area contributed by atoms with Gasteiger partial charge >= 0.3 is 5.69 Å². The van der Waals surface area contributed by atoms with E-state index >= 15 is 0 Å². The van der Waals surface area contributed by atoms with E-state index in [0.29, 0.717) is 5.69 Å². The van der Waals surface area contributed by atoms with E-state index < -0.39 is 21.3 Å². The largest absolute Gasteiger partial charge is 0.330 e. The van der Waals surface area contributed by atoms with Crippen molar-refractivity contribution in [3.05, 3.63) is 62.4 Å². The molecule has 0 spiro atoms. The highest BCUT2D eigenvalue weighted by Gasteiger charge is 2.22. The van der Waals surface area contributed by atoms with Crippen LogP contribution < -0.4 is 11.2 Å². The first-order valence-corrected chi connectivity index (χ1v) is 8.37. The first-order valence-electron chi connectivity index (χ1n) is 6.93. The van der Waals surface area contributed by atoms with Crippen LogP contribution in [0.5, 0.6) is 0 Å². The van der Waals surface area contributed by atoms with Crippen LogP contribution in [0.3, 0.4) is 0 Å². The van der Waals surface area contributed by atoms with Crippen LogP contribution in [0.2, 0.25) is 0 Å². The number of hydrogen-bond acceptors (Lipinski definition) is 4. The third kappa shape index (κ3) is 3.27. The molecule has 0 saturated heterocycles. The van der Waals surface area contributed by atoms with Gasteiger partial charge in [0.15, 0.2) is 0 Å². The Morgan fingerprint density at radius 1 is 1.04 bits per heavy atom. The molecular weight excluding hydrogens is 318 g/mol. The topological polar surface area (TPSA) is 81.4 Å². The van der Waals surface area contributed by atoms with E-state index in [1.165, 1.54) is 43.9 Å². The average Bonchev–Trinajstić information content (AvgIpc) is 2.50. The van der Waals surface area contributed by atoms with Crippen LogP contribution in [0.15, 0.2) is 44.8 Å². The molecule has 0 bridgehead atoms. The Morgan fingerprint density at radius 2 is 1.61 bits per heavy atom. The van der Waals surface area contributed by atoms with Crippen LogP contribution >= 0.6 is 0 Å². The van der Waals surface area contributed by atoms with Crippen LogP contribution in [0.1, 0.15) is 11.3 Å². The highest BCUT2D eigenvalue weighted by Crippen LogP contribution is 2.16. The Bertz CT molecular complexity index is 940. The van der Waals surface area contributed by atoms with Crippen LogP contribution in [0.25, 0.3) is 0 Å². The summed E-state index contributed by atoms with van der Waals surface area (Å²) in [6, 6.07) is 7.76. The normalized spacial score (nSPS) is 11.9. The molecule has 0 aliphatic carbocycles. The Kier molecular flexibility index (Phi) is 4.58. The summed E-state index contributed by atoms with van der Waals surface area (Å²) in [4.78, 5) is 23.8. The second-order valence-electron chi connectivity index (χ2n) is 5.45. The van der Waals surface area contributed by atoms with Gasteiger partial charge in [-0.15, -0.1) is 0 Å². The quantitative estimate of drug-likeness (QED) is 0.799. The first kappa shape index (κ1) is 17.2. The van der Waals surface area contributed by atoms with E-state index in [0.717, 1.165) is 14.4 Å². The van der Waals surface area contributed by atoms with Crippen molar-refractivity contribution in [2.24, 2.45) is 14.1 Å². The standard InChI is InChI=1S/C15H19N3O4S/c1-11-5-7-13(8-6-11)23(21,22)16(2)10-12-9-14(19)18(4)15(20)17(12)3/h5-9H,10H2,1-4H3. The molecule has 0 aliphatic heterocycles. The van der Waals surface area contributed by atoms with Gasteiger partial charge in [-0.25, -0.2) is 13.2 Å². The molecular formula is C15H19N3O4S. The lowest BCUT2D eigenvalue weighted by atomic mass is 10.2. The maximum Gasteiger partial charge on any atom is 0.330 e. The summed E-state index contributed by atoms with van der Waals surface area (Å²) in [5.74, 6) is 0. The smallest absolute Gasteiger partial charge is 0.299 e. The second-order valence-corrected chi connectivity index (χ2v) is 7.49. The monoisotopic (exact) mass is 337 g/mol. The maximum atomic E-state index is 12.6. The summed E-state index contributed by atoms with van der Waals surface area (Å²) in [5, 5.41) is 0. The first-order chi connectivity index (χ1) is 10.6. The van der Waals surface area contributed by atoms with Crippen LogP contribution in [0.4, 0.5) is 0 Å². The molecule has 7 nitrogen and oxygen atoms in total. The van der Waals surface area contributed by atoms with Crippen molar-refractivity contribution < 1.29 is 8.42 Å². The molecule has 0 atom stereocenters. The van der Waals surface area contributed by atoms with Crippen molar-refractivity contribution in [2.75, 3.05) is 7.05 Å². The minimum atomic E-state index is -3.70. The molecule has 0 N–H and O–H groups in total. The second kappa shape index (κ2) is 6.13. The number of aryl methyl sites for hydroxylation is 1. The minimum Gasteiger partial charge on any atom is -0.299 e. The summed E-state index contributed by atoms with van der Waals surface area (Å²) in [6.07, 6.45) is 0. The van der Waals surface area contributed by atoms with Crippen LogP contribution in [0, 0.1) is 6.92 Å². The van der Waals surface area contributed by atoms with Gasteiger partial charge in [0.05, 0.1) is 11.4 Å². The van der Waals surface area contributed by atoms with Gasteiger partial charge in [0.1, 0.15) is 0 Å². The van der Waals surface area contributed by atoms with Crippen LogP contribution in [-0.2, 0) is 30.7 Å². The van der Waals surface area contributed by atoms with E-state index in [9.17, 15) is 18.0 Å². The zero-order valence-corrected chi connectivity index (χ0v) is 14.3. The van der Waals surface area contributed by atoms with Gasteiger partial charge in [-0.2, -0.15) is 4.31 Å². The van der Waals surface area contributed by atoms with E-state index in [-0.39, 0.29) is 11.4 Å². The molecule has 23 heavy (non-hydrogen) atoms. The number of aromatic nitrogens is 2. The van der Waals surface area contributed by atoms with Gasteiger partial charge in [-0.1, -0.05) is 17.7 Å². The number of sulfonamides is 1. The fraction of sp³-hybridized carbons (Fsp3) is 0.333. The van der Waals surface area contributed by atoms with Crippen molar-refractivity contribution in [3.8, 4) is 0 Å². The van der Waals surface area contributed by atoms with Gasteiger partial charge in [-0.3, -0.25) is 13.9 Å². The molecule has 2 rings (SSSR count). The third-order valence-electron chi connectivity index (χ3n) is 3.74. The highest BCUT2D eigenvalue weighted by molar-refractivity contribution is 7.89. The molecule has 2 aromatic rings. The van der Waals surface area contributed by atoms with Crippen molar-refractivity contribution in [1.82, 2.24) is 13.4 Å². The number of nitrogens with zero attached hydrogens (tertiary/aromatic N) is 3. The molecule has 1 aromatic carbocycles. The molecule has 0 saturated carbocycles. The predicted molar refractivity (Wildman–Crippen MR) is 86.8 cm³/mol. The lowest BCUT2D eigenvalue weighted by Crippen LogP contribution is -2.39. The Balaban J connectivity index is 2.39. The number of benzene rings is 1. The van der Waals surface area contributed by atoms with Crippen molar-refractivity contribution in [3.63, 3.8) is 0 Å².